The van der Waals surface area contributed by atoms with Crippen LogP contribution in [0, 0.1) is 0 Å². The third-order valence-corrected chi connectivity index (χ3v) is 3.06. The number of hydrogen-bond acceptors (Lipinski definition) is 1. The molecule has 1 fully saturated rings. The Kier molecular flexibility index (Phi) is 3.19. The molecule has 1 atom stereocenters. The molecule has 1 aromatic carbocycles. The van der Waals surface area contributed by atoms with E-state index in [4.69, 9.17) is 0 Å². The molecule has 0 radical (unpaired) electrons. The fraction of sp³-hybridized carbons (Fsp3) is 0.455. The molecule has 0 amide bonds. The van der Waals surface area contributed by atoms with Gasteiger partial charge in [-0.1, -0.05) is 28.1 Å². The molecule has 0 saturated carbocycles. The molecule has 0 aliphatic carbocycles. The van der Waals surface area contributed by atoms with E-state index in [-0.39, 0.29) is 0 Å². The summed E-state index contributed by atoms with van der Waals surface area (Å²) in [5.74, 6) is 0. The fourth-order valence-electron chi connectivity index (χ4n) is 1.78. The minimum absolute atomic E-state index is 0.593. The lowest BCUT2D eigenvalue weighted by molar-refractivity contribution is 0.282. The summed E-state index contributed by atoms with van der Waals surface area (Å²) in [6.07, 6.45) is 0.0710. The van der Waals surface area contributed by atoms with E-state index in [1.807, 2.05) is 12.1 Å². The summed E-state index contributed by atoms with van der Waals surface area (Å²) in [5.41, 5.74) is 1.25. The van der Waals surface area contributed by atoms with Crippen molar-refractivity contribution in [1.29, 1.82) is 0 Å². The predicted molar refractivity (Wildman–Crippen MR) is 58.9 cm³/mol. The molecule has 0 N–H and O–H groups in total. The van der Waals surface area contributed by atoms with Gasteiger partial charge in [-0.15, -0.1) is 0 Å². The normalized spacial score (nSPS) is 22.9. The minimum atomic E-state index is -0.620. The van der Waals surface area contributed by atoms with Crippen LogP contribution in [0.5, 0.6) is 0 Å². The molecule has 1 aromatic rings. The summed E-state index contributed by atoms with van der Waals surface area (Å²) in [7, 11) is 0. The van der Waals surface area contributed by atoms with Gasteiger partial charge in [0.15, 0.2) is 0 Å². The Bertz CT molecular complexity index is 299. The van der Waals surface area contributed by atoms with Gasteiger partial charge in [0, 0.05) is 24.1 Å². The van der Waals surface area contributed by atoms with Crippen molar-refractivity contribution in [2.24, 2.45) is 0 Å². The van der Waals surface area contributed by atoms with Gasteiger partial charge in [0.05, 0.1) is 0 Å². The Morgan fingerprint density at radius 1 is 1.36 bits per heavy atom. The highest BCUT2D eigenvalue weighted by atomic mass is 79.9. The number of alkyl halides is 1. The van der Waals surface area contributed by atoms with Crippen LogP contribution in [0.25, 0.3) is 0 Å². The van der Waals surface area contributed by atoms with Crippen LogP contribution < -0.4 is 0 Å². The smallest absolute Gasteiger partial charge is 0.114 e. The number of hydrogen-bond donors (Lipinski definition) is 0. The van der Waals surface area contributed by atoms with Gasteiger partial charge in [-0.2, -0.15) is 0 Å². The summed E-state index contributed by atoms with van der Waals surface area (Å²) in [6.45, 7) is 2.35. The second-order valence-electron chi connectivity index (χ2n) is 3.75. The van der Waals surface area contributed by atoms with Crippen molar-refractivity contribution < 1.29 is 4.39 Å². The lowest BCUT2D eigenvalue weighted by Gasteiger charge is -2.14. The number of nitrogens with zero attached hydrogens (tertiary/aromatic N) is 1. The van der Waals surface area contributed by atoms with Crippen LogP contribution >= 0.6 is 15.9 Å². The Balaban J connectivity index is 1.94. The zero-order valence-electron chi connectivity index (χ0n) is 7.92. The van der Waals surface area contributed by atoms with Gasteiger partial charge < -0.3 is 0 Å². The molecule has 76 valence electrons. The van der Waals surface area contributed by atoms with Crippen molar-refractivity contribution in [1.82, 2.24) is 4.90 Å². The van der Waals surface area contributed by atoms with E-state index in [0.717, 1.165) is 17.6 Å². The standard InChI is InChI=1S/C11H13BrFN/c12-10-3-1-9(2-4-10)7-14-6-5-11(13)8-14/h1-4,11H,5-8H2. The van der Waals surface area contributed by atoms with Gasteiger partial charge in [-0.25, -0.2) is 4.39 Å². The van der Waals surface area contributed by atoms with E-state index in [0.29, 0.717) is 13.0 Å². The molecule has 0 aromatic heterocycles. The van der Waals surface area contributed by atoms with Crippen LogP contribution in [0.1, 0.15) is 12.0 Å². The van der Waals surface area contributed by atoms with E-state index >= 15 is 0 Å². The summed E-state index contributed by atoms with van der Waals surface area (Å²) in [4.78, 5) is 2.16. The third-order valence-electron chi connectivity index (χ3n) is 2.53. The molecule has 0 spiro atoms. The number of halogens is 2. The van der Waals surface area contributed by atoms with E-state index in [1.54, 1.807) is 0 Å². The van der Waals surface area contributed by atoms with Crippen LogP contribution in [0.15, 0.2) is 28.7 Å². The summed E-state index contributed by atoms with van der Waals surface area (Å²) >= 11 is 3.39. The lowest BCUT2D eigenvalue weighted by Crippen LogP contribution is -2.20. The maximum Gasteiger partial charge on any atom is 0.114 e. The van der Waals surface area contributed by atoms with Crippen LogP contribution in [-0.4, -0.2) is 24.2 Å². The van der Waals surface area contributed by atoms with Gasteiger partial charge in [0.2, 0.25) is 0 Å². The van der Waals surface area contributed by atoms with Gasteiger partial charge in [0.1, 0.15) is 6.17 Å². The minimum Gasteiger partial charge on any atom is -0.296 e. The van der Waals surface area contributed by atoms with Crippen molar-refractivity contribution in [3.05, 3.63) is 34.3 Å². The first-order valence-corrected chi connectivity index (χ1v) is 5.64. The SMILES string of the molecule is FC1CCN(Cc2ccc(Br)cc2)C1. The quantitative estimate of drug-likeness (QED) is 0.788. The molecule has 3 heteroatoms. The van der Waals surface area contributed by atoms with Gasteiger partial charge in [0.25, 0.3) is 0 Å². The maximum atomic E-state index is 12.9. The van der Waals surface area contributed by atoms with E-state index < -0.39 is 6.17 Å². The van der Waals surface area contributed by atoms with Crippen molar-refractivity contribution in [3.63, 3.8) is 0 Å². The third kappa shape index (κ3) is 2.55. The zero-order valence-corrected chi connectivity index (χ0v) is 9.50. The number of likely N-dealkylation sites (tertiary alicyclic amines) is 1. The van der Waals surface area contributed by atoms with Crippen molar-refractivity contribution >= 4 is 15.9 Å². The Morgan fingerprint density at radius 2 is 2.07 bits per heavy atom. The van der Waals surface area contributed by atoms with Gasteiger partial charge in [-0.05, 0) is 24.1 Å². The molecule has 1 aliphatic rings. The molecule has 1 heterocycles. The molecule has 1 unspecified atom stereocenters. The Hall–Kier alpha value is -0.410. The second-order valence-corrected chi connectivity index (χ2v) is 4.66. The molecule has 0 bridgehead atoms. The van der Waals surface area contributed by atoms with Crippen LogP contribution in [0.2, 0.25) is 0 Å². The molecule has 14 heavy (non-hydrogen) atoms. The molecular weight excluding hydrogens is 245 g/mol. The highest BCUT2D eigenvalue weighted by Gasteiger charge is 2.21. The number of benzene rings is 1. The van der Waals surface area contributed by atoms with E-state index in [1.165, 1.54) is 5.56 Å². The maximum absolute atomic E-state index is 12.9. The average Bonchev–Trinajstić information content (AvgIpc) is 2.56. The predicted octanol–water partition coefficient (Wildman–Crippen LogP) is 2.99. The van der Waals surface area contributed by atoms with Crippen LogP contribution in [0.3, 0.4) is 0 Å². The van der Waals surface area contributed by atoms with Crippen LogP contribution in [-0.2, 0) is 6.54 Å². The molecule has 2 rings (SSSR count). The topological polar surface area (TPSA) is 3.24 Å². The molecule has 1 nitrogen and oxygen atoms in total. The summed E-state index contributed by atoms with van der Waals surface area (Å²) < 4.78 is 14.0. The van der Waals surface area contributed by atoms with Crippen molar-refractivity contribution in [2.75, 3.05) is 13.1 Å². The largest absolute Gasteiger partial charge is 0.296 e. The first-order chi connectivity index (χ1) is 6.74. The monoisotopic (exact) mass is 257 g/mol. The van der Waals surface area contributed by atoms with Gasteiger partial charge in [-0.3, -0.25) is 4.90 Å². The van der Waals surface area contributed by atoms with Crippen LogP contribution in [0.4, 0.5) is 4.39 Å². The zero-order chi connectivity index (χ0) is 9.97. The second kappa shape index (κ2) is 4.41. The van der Waals surface area contributed by atoms with E-state index in [2.05, 4.69) is 33.0 Å². The molecular formula is C11H13BrFN. The Morgan fingerprint density at radius 3 is 2.64 bits per heavy atom. The van der Waals surface area contributed by atoms with Gasteiger partial charge >= 0.3 is 0 Å². The summed E-state index contributed by atoms with van der Waals surface area (Å²) in [5, 5.41) is 0. The lowest BCUT2D eigenvalue weighted by atomic mass is 10.2. The Labute approximate surface area is 92.0 Å². The first kappa shape index (κ1) is 10.1. The fourth-order valence-corrected chi connectivity index (χ4v) is 2.04. The molecule has 1 saturated heterocycles. The first-order valence-electron chi connectivity index (χ1n) is 4.85. The summed E-state index contributed by atoms with van der Waals surface area (Å²) in [6, 6.07) is 8.21. The van der Waals surface area contributed by atoms with E-state index in [9.17, 15) is 4.39 Å². The highest BCUT2D eigenvalue weighted by Crippen LogP contribution is 2.17. The van der Waals surface area contributed by atoms with Crippen molar-refractivity contribution in [3.8, 4) is 0 Å². The van der Waals surface area contributed by atoms with Crippen molar-refractivity contribution in [2.45, 2.75) is 19.1 Å². The average molecular weight is 258 g/mol. The number of rotatable bonds is 2. The highest BCUT2D eigenvalue weighted by molar-refractivity contribution is 9.10. The molecule has 1 aliphatic heterocycles.